The number of ether oxygens (including phenoxy) is 5. The summed E-state index contributed by atoms with van der Waals surface area (Å²) in [5.74, 6) is 1.72. The number of rotatable bonds is 18. The van der Waals surface area contributed by atoms with E-state index in [1.165, 1.54) is 6.92 Å². The molecule has 6 nitrogen and oxygen atoms in total. The standard InChI is InChI=1S/C39H44O6S2/c1-30(40)41-29-35(42-25-31-15-6-2-7-16-31)36(43-26-32-17-8-3-9-18-32)37(44-27-33-19-10-4-11-20-33)38(39-46-23-14-24-47-39)45-28-34-21-12-5-13-22-34/h2-13,15-22,35-39H,14,23-29H2,1H3/t35-,36-,37+,38-/m1/s1. The van der Waals surface area contributed by atoms with E-state index >= 15 is 0 Å². The molecule has 8 heteroatoms. The summed E-state index contributed by atoms with van der Waals surface area (Å²) in [6.07, 6.45) is -1.02. The molecule has 5 rings (SSSR count). The van der Waals surface area contributed by atoms with E-state index in [1.807, 2.05) is 121 Å². The van der Waals surface area contributed by atoms with Crippen LogP contribution in [0, 0.1) is 0 Å². The third-order valence-electron chi connectivity index (χ3n) is 7.75. The first-order valence-electron chi connectivity index (χ1n) is 16.1. The summed E-state index contributed by atoms with van der Waals surface area (Å²) in [6.45, 7) is 2.88. The number of benzene rings is 4. The van der Waals surface area contributed by atoms with Crippen molar-refractivity contribution in [1.29, 1.82) is 0 Å². The van der Waals surface area contributed by atoms with E-state index in [0.29, 0.717) is 26.4 Å². The molecule has 1 saturated heterocycles. The summed E-state index contributed by atoms with van der Waals surface area (Å²) in [5, 5.41) is 0. The molecule has 0 aliphatic carbocycles. The van der Waals surface area contributed by atoms with Crippen molar-refractivity contribution in [2.75, 3.05) is 18.1 Å². The van der Waals surface area contributed by atoms with E-state index in [0.717, 1.165) is 40.2 Å². The quantitative estimate of drug-likeness (QED) is 0.0984. The van der Waals surface area contributed by atoms with Crippen molar-refractivity contribution in [3.05, 3.63) is 144 Å². The van der Waals surface area contributed by atoms with Gasteiger partial charge in [-0.25, -0.2) is 0 Å². The van der Waals surface area contributed by atoms with Gasteiger partial charge in [0.25, 0.3) is 0 Å². The van der Waals surface area contributed by atoms with Gasteiger partial charge in [-0.15, -0.1) is 23.5 Å². The minimum absolute atomic E-state index is 0.0170. The summed E-state index contributed by atoms with van der Waals surface area (Å²) in [6, 6.07) is 40.4. The lowest BCUT2D eigenvalue weighted by Gasteiger charge is -2.40. The van der Waals surface area contributed by atoms with Crippen LogP contribution < -0.4 is 0 Å². The van der Waals surface area contributed by atoms with Crippen LogP contribution in [0.5, 0.6) is 0 Å². The highest BCUT2D eigenvalue weighted by Gasteiger charge is 2.43. The maximum absolute atomic E-state index is 12.2. The molecule has 0 N–H and O–H groups in total. The highest BCUT2D eigenvalue weighted by Crippen LogP contribution is 2.38. The molecule has 1 heterocycles. The summed E-state index contributed by atoms with van der Waals surface area (Å²) in [4.78, 5) is 12.2. The lowest BCUT2D eigenvalue weighted by atomic mass is 10.0. The van der Waals surface area contributed by atoms with Gasteiger partial charge in [-0.2, -0.15) is 0 Å². The highest BCUT2D eigenvalue weighted by molar-refractivity contribution is 8.17. The van der Waals surface area contributed by atoms with Gasteiger partial charge in [-0.3, -0.25) is 4.79 Å². The van der Waals surface area contributed by atoms with Crippen molar-refractivity contribution in [1.82, 2.24) is 0 Å². The molecule has 0 unspecified atom stereocenters. The van der Waals surface area contributed by atoms with Crippen molar-refractivity contribution in [2.45, 2.75) is 68.8 Å². The van der Waals surface area contributed by atoms with Gasteiger partial charge < -0.3 is 23.7 Å². The molecular formula is C39H44O6S2. The van der Waals surface area contributed by atoms with Gasteiger partial charge in [0.05, 0.1) is 31.0 Å². The molecule has 0 amide bonds. The third-order valence-corrected chi connectivity index (χ3v) is 10.8. The van der Waals surface area contributed by atoms with Crippen molar-refractivity contribution >= 4 is 29.5 Å². The Labute approximate surface area is 287 Å². The van der Waals surface area contributed by atoms with Crippen LogP contribution in [-0.4, -0.2) is 53.1 Å². The predicted octanol–water partition coefficient (Wildman–Crippen LogP) is 8.09. The Balaban J connectivity index is 1.52. The van der Waals surface area contributed by atoms with E-state index in [9.17, 15) is 4.79 Å². The fourth-order valence-corrected chi connectivity index (χ4v) is 8.41. The third kappa shape index (κ3) is 11.8. The number of carbonyl (C=O) groups excluding carboxylic acids is 1. The maximum atomic E-state index is 12.2. The minimum atomic E-state index is -0.634. The molecule has 0 saturated carbocycles. The molecule has 1 aliphatic heterocycles. The molecule has 0 radical (unpaired) electrons. The minimum Gasteiger partial charge on any atom is -0.463 e. The van der Waals surface area contributed by atoms with Crippen LogP contribution in [0.1, 0.15) is 35.6 Å². The Bertz CT molecular complexity index is 1420. The van der Waals surface area contributed by atoms with E-state index in [2.05, 4.69) is 24.3 Å². The molecular weight excluding hydrogens is 629 g/mol. The maximum Gasteiger partial charge on any atom is 0.302 e. The van der Waals surface area contributed by atoms with Gasteiger partial charge in [-0.05, 0) is 40.2 Å². The molecule has 47 heavy (non-hydrogen) atoms. The first-order valence-corrected chi connectivity index (χ1v) is 18.2. The summed E-state index contributed by atoms with van der Waals surface area (Å²) >= 11 is 3.81. The van der Waals surface area contributed by atoms with Gasteiger partial charge >= 0.3 is 5.97 Å². The summed E-state index contributed by atoms with van der Waals surface area (Å²) in [7, 11) is 0. The SMILES string of the molecule is CC(=O)OC[C@@H](OCc1ccccc1)[C@@H](OCc1ccccc1)[C@H](OCc1ccccc1)[C@@H](OCc1ccccc1)C1SCCCS1. The zero-order chi connectivity index (χ0) is 32.5. The van der Waals surface area contributed by atoms with Crippen LogP contribution >= 0.6 is 23.5 Å². The Morgan fingerprint density at radius 3 is 1.45 bits per heavy atom. The monoisotopic (exact) mass is 672 g/mol. The van der Waals surface area contributed by atoms with Gasteiger partial charge in [0.15, 0.2) is 0 Å². The fraction of sp³-hybridized carbons (Fsp3) is 0.359. The lowest BCUT2D eigenvalue weighted by Crippen LogP contribution is -2.53. The average molecular weight is 673 g/mol. The van der Waals surface area contributed by atoms with E-state index in [4.69, 9.17) is 23.7 Å². The smallest absolute Gasteiger partial charge is 0.302 e. The Morgan fingerprint density at radius 1 is 0.596 bits per heavy atom. The van der Waals surface area contributed by atoms with Gasteiger partial charge in [0, 0.05) is 6.92 Å². The van der Waals surface area contributed by atoms with Crippen LogP contribution in [-0.2, 0) is 54.9 Å². The number of thioether (sulfide) groups is 2. The Hall–Kier alpha value is -3.11. The topological polar surface area (TPSA) is 63.2 Å². The van der Waals surface area contributed by atoms with E-state index in [1.54, 1.807) is 0 Å². The van der Waals surface area contributed by atoms with E-state index < -0.39 is 18.3 Å². The van der Waals surface area contributed by atoms with Crippen molar-refractivity contribution in [2.24, 2.45) is 0 Å². The summed E-state index contributed by atoms with van der Waals surface area (Å²) < 4.78 is 33.0. The zero-order valence-electron chi connectivity index (χ0n) is 26.9. The van der Waals surface area contributed by atoms with Crippen molar-refractivity contribution in [3.8, 4) is 0 Å². The second-order valence-electron chi connectivity index (χ2n) is 11.4. The van der Waals surface area contributed by atoms with Gasteiger partial charge in [0.2, 0.25) is 0 Å². The van der Waals surface area contributed by atoms with Crippen LogP contribution in [0.15, 0.2) is 121 Å². The second-order valence-corrected chi connectivity index (χ2v) is 14.2. The molecule has 4 aromatic carbocycles. The van der Waals surface area contributed by atoms with Crippen molar-refractivity contribution in [3.63, 3.8) is 0 Å². The van der Waals surface area contributed by atoms with Crippen LogP contribution in [0.25, 0.3) is 0 Å². The first-order chi connectivity index (χ1) is 23.2. The molecule has 1 fully saturated rings. The fourth-order valence-electron chi connectivity index (χ4n) is 5.33. The van der Waals surface area contributed by atoms with Crippen LogP contribution in [0.2, 0.25) is 0 Å². The number of esters is 1. The van der Waals surface area contributed by atoms with Gasteiger partial charge in [0.1, 0.15) is 31.0 Å². The average Bonchev–Trinajstić information content (AvgIpc) is 3.13. The van der Waals surface area contributed by atoms with Crippen molar-refractivity contribution < 1.29 is 28.5 Å². The highest BCUT2D eigenvalue weighted by atomic mass is 32.2. The molecule has 0 aromatic heterocycles. The number of hydrogen-bond donors (Lipinski definition) is 0. The zero-order valence-corrected chi connectivity index (χ0v) is 28.5. The first kappa shape index (κ1) is 35.2. The van der Waals surface area contributed by atoms with Gasteiger partial charge in [-0.1, -0.05) is 121 Å². The molecule has 0 spiro atoms. The van der Waals surface area contributed by atoms with E-state index in [-0.39, 0.29) is 23.3 Å². The Morgan fingerprint density at radius 2 is 1.00 bits per heavy atom. The summed E-state index contributed by atoms with van der Waals surface area (Å²) in [5.41, 5.74) is 4.17. The largest absolute Gasteiger partial charge is 0.463 e. The molecule has 0 bridgehead atoms. The lowest BCUT2D eigenvalue weighted by molar-refractivity contribution is -0.198. The van der Waals surface area contributed by atoms with Crippen LogP contribution in [0.4, 0.5) is 0 Å². The molecule has 4 atom stereocenters. The van der Waals surface area contributed by atoms with Crippen LogP contribution in [0.3, 0.4) is 0 Å². The predicted molar refractivity (Wildman–Crippen MR) is 190 cm³/mol. The number of carbonyl (C=O) groups is 1. The molecule has 4 aromatic rings. The number of hydrogen-bond acceptors (Lipinski definition) is 8. The normalized spacial score (nSPS) is 16.2. The Kier molecular flexibility index (Phi) is 14.7. The molecule has 248 valence electrons. The second kappa shape index (κ2) is 19.6. The molecule has 1 aliphatic rings.